The molecule has 1 N–H and O–H groups in total. The van der Waals surface area contributed by atoms with Gasteiger partial charge in [0, 0.05) is 50.9 Å². The van der Waals surface area contributed by atoms with E-state index in [-0.39, 0.29) is 5.91 Å². The molecular weight excluding hydrogens is 476 g/mol. The Morgan fingerprint density at radius 3 is 2.63 bits per heavy atom. The Labute approximate surface area is 226 Å². The zero-order valence-corrected chi connectivity index (χ0v) is 23.2. The van der Waals surface area contributed by atoms with Crippen molar-refractivity contribution in [1.82, 2.24) is 24.9 Å². The molecule has 0 saturated carbocycles. The molecule has 4 heterocycles. The quantitative estimate of drug-likeness (QED) is 0.661. The zero-order chi connectivity index (χ0) is 26.9. The number of benzene rings is 1. The summed E-state index contributed by atoms with van der Waals surface area (Å²) < 4.78 is 7.15. The minimum Gasteiger partial charge on any atom is -0.497 e. The molecule has 1 aromatic heterocycles. The number of likely N-dealkylation sites (tertiary alicyclic amines) is 1. The number of aromatic nitrogens is 2. The molecule has 8 heteroatoms. The smallest absolute Gasteiger partial charge is 0.243 e. The third kappa shape index (κ3) is 5.27. The SMILES string of the molecule is C=C1/C=C(/C)CCC(C)C(N2CCC3(CC2)NCCN(Cc2nn(C)cc2-c2ccc(OC)cc2)C3=O)=N1. The summed E-state index contributed by atoms with van der Waals surface area (Å²) in [5.41, 5.74) is 4.67. The topological polar surface area (TPSA) is 75.0 Å². The lowest BCUT2D eigenvalue weighted by molar-refractivity contribution is -0.144. The van der Waals surface area contributed by atoms with Gasteiger partial charge in [0.2, 0.25) is 5.91 Å². The molecule has 1 unspecified atom stereocenters. The van der Waals surface area contributed by atoms with Gasteiger partial charge >= 0.3 is 0 Å². The molecule has 202 valence electrons. The molecule has 3 aliphatic rings. The predicted molar refractivity (Wildman–Crippen MR) is 151 cm³/mol. The number of piperidine rings is 1. The molecule has 2 fully saturated rings. The van der Waals surface area contributed by atoms with Crippen molar-refractivity contribution >= 4 is 11.7 Å². The third-order valence-electron chi connectivity index (χ3n) is 8.21. The van der Waals surface area contributed by atoms with Gasteiger partial charge in [-0.1, -0.05) is 31.2 Å². The Morgan fingerprint density at radius 2 is 1.92 bits per heavy atom. The fourth-order valence-electron chi connectivity index (χ4n) is 6.01. The molecule has 5 rings (SSSR count). The van der Waals surface area contributed by atoms with Gasteiger partial charge in [0.25, 0.3) is 0 Å². The second-order valence-electron chi connectivity index (χ2n) is 11.0. The second-order valence-corrected chi connectivity index (χ2v) is 11.0. The number of amidine groups is 1. The number of nitrogens with zero attached hydrogens (tertiary/aromatic N) is 5. The highest BCUT2D eigenvalue weighted by molar-refractivity contribution is 5.89. The number of piperazine rings is 1. The van der Waals surface area contributed by atoms with Crippen LogP contribution in [0.1, 0.15) is 45.2 Å². The van der Waals surface area contributed by atoms with Crippen LogP contribution in [0.4, 0.5) is 0 Å². The average Bonchev–Trinajstić information content (AvgIpc) is 3.28. The largest absolute Gasteiger partial charge is 0.497 e. The van der Waals surface area contributed by atoms with E-state index in [1.54, 1.807) is 7.11 Å². The lowest BCUT2D eigenvalue weighted by atomic mass is 9.83. The summed E-state index contributed by atoms with van der Waals surface area (Å²) in [5, 5.41) is 8.35. The Morgan fingerprint density at radius 1 is 1.18 bits per heavy atom. The predicted octanol–water partition coefficient (Wildman–Crippen LogP) is 4.15. The molecule has 38 heavy (non-hydrogen) atoms. The molecule has 3 aliphatic heterocycles. The fraction of sp³-hybridized carbons (Fsp3) is 0.500. The number of rotatable bonds is 4. The van der Waals surface area contributed by atoms with Gasteiger partial charge in [0.05, 0.1) is 25.0 Å². The number of hydrogen-bond donors (Lipinski definition) is 1. The van der Waals surface area contributed by atoms with Gasteiger partial charge < -0.3 is 19.9 Å². The van der Waals surface area contributed by atoms with E-state index in [2.05, 4.69) is 36.7 Å². The first-order chi connectivity index (χ1) is 18.3. The highest BCUT2D eigenvalue weighted by atomic mass is 16.5. The van der Waals surface area contributed by atoms with E-state index in [0.29, 0.717) is 19.0 Å². The normalized spacial score (nSPS) is 23.5. The molecule has 1 amide bonds. The van der Waals surface area contributed by atoms with Crippen molar-refractivity contribution in [2.45, 2.75) is 51.6 Å². The molecule has 2 saturated heterocycles. The highest BCUT2D eigenvalue weighted by Gasteiger charge is 2.46. The number of allylic oxidation sites excluding steroid dienone is 2. The van der Waals surface area contributed by atoms with Crippen LogP contribution in [-0.2, 0) is 18.4 Å². The number of carbonyl (C=O) groups is 1. The fourth-order valence-corrected chi connectivity index (χ4v) is 6.01. The van der Waals surface area contributed by atoms with Gasteiger partial charge in [-0.15, -0.1) is 0 Å². The van der Waals surface area contributed by atoms with E-state index in [1.807, 2.05) is 47.1 Å². The lowest BCUT2D eigenvalue weighted by Gasteiger charge is -2.48. The van der Waals surface area contributed by atoms with Crippen molar-refractivity contribution in [2.24, 2.45) is 18.0 Å². The maximum atomic E-state index is 13.9. The summed E-state index contributed by atoms with van der Waals surface area (Å²) in [7, 11) is 3.60. The number of methoxy groups -OCH3 is 1. The molecule has 0 bridgehead atoms. The van der Waals surface area contributed by atoms with Gasteiger partial charge in [-0.3, -0.25) is 9.48 Å². The molecule has 2 aromatic rings. The first kappa shape index (κ1) is 26.2. The number of nitrogens with one attached hydrogen (secondary N) is 1. The monoisotopic (exact) mass is 516 g/mol. The van der Waals surface area contributed by atoms with Crippen LogP contribution in [0.15, 0.2) is 59.4 Å². The Bertz CT molecular complexity index is 1250. The van der Waals surface area contributed by atoms with Crippen LogP contribution >= 0.6 is 0 Å². The molecule has 0 aliphatic carbocycles. The molecule has 1 aromatic carbocycles. The van der Waals surface area contributed by atoms with Gasteiger partial charge in [-0.2, -0.15) is 5.10 Å². The maximum Gasteiger partial charge on any atom is 0.243 e. The Balaban J connectivity index is 1.30. The van der Waals surface area contributed by atoms with Crippen LogP contribution in [0.25, 0.3) is 11.1 Å². The van der Waals surface area contributed by atoms with Gasteiger partial charge in [0.1, 0.15) is 17.1 Å². The molecule has 1 atom stereocenters. The minimum atomic E-state index is -0.525. The van der Waals surface area contributed by atoms with E-state index in [1.165, 1.54) is 5.57 Å². The van der Waals surface area contributed by atoms with Crippen LogP contribution in [0.5, 0.6) is 5.75 Å². The number of aryl methyl sites for hydroxylation is 1. The number of aliphatic imine (C=N–C) groups is 1. The van der Waals surface area contributed by atoms with Gasteiger partial charge in [-0.25, -0.2) is 4.99 Å². The zero-order valence-electron chi connectivity index (χ0n) is 23.2. The maximum absolute atomic E-state index is 13.9. The van der Waals surface area contributed by atoms with E-state index < -0.39 is 5.54 Å². The first-order valence-electron chi connectivity index (χ1n) is 13.7. The average molecular weight is 517 g/mol. The van der Waals surface area contributed by atoms with Crippen molar-refractivity contribution in [3.05, 3.63) is 60.1 Å². The van der Waals surface area contributed by atoms with Crippen molar-refractivity contribution in [3.63, 3.8) is 0 Å². The van der Waals surface area contributed by atoms with Crippen molar-refractivity contribution in [3.8, 4) is 16.9 Å². The van der Waals surface area contributed by atoms with E-state index in [4.69, 9.17) is 14.8 Å². The van der Waals surface area contributed by atoms with Crippen LogP contribution in [-0.4, -0.2) is 70.2 Å². The van der Waals surface area contributed by atoms with Gasteiger partial charge in [-0.05, 0) is 56.4 Å². The van der Waals surface area contributed by atoms with Crippen LogP contribution in [0, 0.1) is 5.92 Å². The summed E-state index contributed by atoms with van der Waals surface area (Å²) in [5.74, 6) is 2.49. The summed E-state index contributed by atoms with van der Waals surface area (Å²) in [6.45, 7) is 12.2. The molecular formula is C30H40N6O2. The molecule has 0 radical (unpaired) electrons. The van der Waals surface area contributed by atoms with Crippen LogP contribution < -0.4 is 10.1 Å². The molecule has 8 nitrogen and oxygen atoms in total. The Kier molecular flexibility index (Phi) is 7.43. The first-order valence-corrected chi connectivity index (χ1v) is 13.7. The van der Waals surface area contributed by atoms with Crippen molar-refractivity contribution in [2.75, 3.05) is 33.3 Å². The molecule has 1 spiro atoms. The second kappa shape index (κ2) is 10.8. The summed E-state index contributed by atoms with van der Waals surface area (Å²) in [6.07, 6.45) is 7.81. The highest BCUT2D eigenvalue weighted by Crippen LogP contribution is 2.32. The Hall–Kier alpha value is -3.39. The van der Waals surface area contributed by atoms with E-state index in [0.717, 1.165) is 79.4 Å². The van der Waals surface area contributed by atoms with E-state index in [9.17, 15) is 4.79 Å². The van der Waals surface area contributed by atoms with Crippen LogP contribution in [0.3, 0.4) is 0 Å². The summed E-state index contributed by atoms with van der Waals surface area (Å²) in [6, 6.07) is 8.00. The van der Waals surface area contributed by atoms with Gasteiger partial charge in [0.15, 0.2) is 0 Å². The number of ether oxygens (including phenoxy) is 1. The van der Waals surface area contributed by atoms with Crippen LogP contribution in [0.2, 0.25) is 0 Å². The third-order valence-corrected chi connectivity index (χ3v) is 8.21. The number of carbonyl (C=O) groups excluding carboxylic acids is 1. The minimum absolute atomic E-state index is 0.186. The number of hydrogen-bond acceptors (Lipinski definition) is 6. The summed E-state index contributed by atoms with van der Waals surface area (Å²) >= 11 is 0. The summed E-state index contributed by atoms with van der Waals surface area (Å²) in [4.78, 5) is 23.2. The lowest BCUT2D eigenvalue weighted by Crippen LogP contribution is -2.67. The van der Waals surface area contributed by atoms with E-state index >= 15 is 0 Å². The standard InChI is InChI=1S/C30H40N6O2/c1-21-6-7-22(2)28(32-23(3)18-21)35-15-12-30(13-16-35)29(37)36(17-14-31-30)20-27-26(19-34(4)33-27)24-8-10-25(38-5)11-9-24/h8-11,18-19,22,31H,3,6-7,12-17,20H2,1-2,4-5H3/b21-18-,32-28?. The van der Waals surface area contributed by atoms with Crippen molar-refractivity contribution < 1.29 is 9.53 Å². The number of amides is 1. The van der Waals surface area contributed by atoms with Crippen molar-refractivity contribution in [1.29, 1.82) is 0 Å².